The van der Waals surface area contributed by atoms with Gasteiger partial charge < -0.3 is 5.32 Å². The monoisotopic (exact) mass is 405 g/mol. The molecule has 1 N–H and O–H groups in total. The molecule has 0 unspecified atom stereocenters. The van der Waals surface area contributed by atoms with E-state index in [0.717, 1.165) is 11.6 Å². The minimum absolute atomic E-state index is 0.00910. The minimum Gasteiger partial charge on any atom is -0.366 e. The van der Waals surface area contributed by atoms with Crippen molar-refractivity contribution in [3.63, 3.8) is 0 Å². The number of halogens is 7. The van der Waals surface area contributed by atoms with Crippen LogP contribution in [-0.2, 0) is 18.9 Å². The number of nitrogens with zero attached hydrogens (tertiary/aromatic N) is 2. The summed E-state index contributed by atoms with van der Waals surface area (Å²) in [4.78, 5) is 7.06. The van der Waals surface area contributed by atoms with Crippen molar-refractivity contribution >= 4 is 28.5 Å². The predicted octanol–water partition coefficient (Wildman–Crippen LogP) is 5.93. The molecule has 0 spiro atoms. The second-order valence-electron chi connectivity index (χ2n) is 5.60. The second kappa shape index (κ2) is 6.88. The molecule has 10 heteroatoms. The average Bonchev–Trinajstić information content (AvgIpc) is 2.58. The van der Waals surface area contributed by atoms with Gasteiger partial charge in [-0.15, -0.1) is 0 Å². The van der Waals surface area contributed by atoms with Crippen molar-refractivity contribution in [1.29, 1.82) is 0 Å². The highest BCUT2D eigenvalue weighted by Crippen LogP contribution is 2.38. The summed E-state index contributed by atoms with van der Waals surface area (Å²) in [5.41, 5.74) is -2.92. The van der Waals surface area contributed by atoms with E-state index in [9.17, 15) is 26.3 Å². The first-order valence-corrected chi connectivity index (χ1v) is 7.86. The third-order valence-electron chi connectivity index (χ3n) is 3.66. The quantitative estimate of drug-likeness (QED) is 0.548. The number of aromatic nitrogens is 2. The Balaban J connectivity index is 1.99. The Morgan fingerprint density at radius 1 is 0.852 bits per heavy atom. The number of alkyl halides is 6. The third kappa shape index (κ3) is 4.41. The molecule has 3 nitrogen and oxygen atoms in total. The highest BCUT2D eigenvalue weighted by molar-refractivity contribution is 6.30. The van der Waals surface area contributed by atoms with Crippen LogP contribution in [0.25, 0.3) is 11.0 Å². The highest BCUT2D eigenvalue weighted by atomic mass is 35.5. The van der Waals surface area contributed by atoms with Crippen LogP contribution < -0.4 is 5.32 Å². The Kier molecular flexibility index (Phi) is 4.90. The van der Waals surface area contributed by atoms with Crippen molar-refractivity contribution in [2.45, 2.75) is 18.9 Å². The SMILES string of the molecule is FC(F)(F)c1cc(C(F)(F)F)c2ccc(NCc3ccc(Cl)cc3)nc2n1. The standard InChI is InChI=1S/C17H10ClF6N3/c18-10-3-1-9(2-4-10)8-25-14-6-5-11-12(16(19,20)21)7-13(17(22,23)24)26-15(11)27-14/h1-7H,8H2,(H,25,26,27). The molecule has 142 valence electrons. The van der Waals surface area contributed by atoms with Gasteiger partial charge in [-0.05, 0) is 35.9 Å². The molecule has 3 aromatic rings. The van der Waals surface area contributed by atoms with E-state index in [1.165, 1.54) is 6.07 Å². The fourth-order valence-electron chi connectivity index (χ4n) is 2.38. The lowest BCUT2D eigenvalue weighted by molar-refractivity contribution is -0.144. The summed E-state index contributed by atoms with van der Waals surface area (Å²) in [7, 11) is 0. The van der Waals surface area contributed by atoms with Gasteiger partial charge in [-0.3, -0.25) is 0 Å². The Morgan fingerprint density at radius 3 is 2.11 bits per heavy atom. The summed E-state index contributed by atoms with van der Waals surface area (Å²) in [5, 5.41) is 2.86. The number of anilines is 1. The van der Waals surface area contributed by atoms with Gasteiger partial charge in [0.2, 0.25) is 0 Å². The molecule has 0 bridgehead atoms. The first-order chi connectivity index (χ1) is 12.5. The summed E-state index contributed by atoms with van der Waals surface area (Å²) >= 11 is 5.77. The Bertz CT molecular complexity index is 967. The van der Waals surface area contributed by atoms with E-state index < -0.39 is 34.6 Å². The summed E-state index contributed by atoms with van der Waals surface area (Å²) in [5.74, 6) is 0.0948. The molecule has 0 radical (unpaired) electrons. The molecule has 1 aromatic carbocycles. The molecule has 27 heavy (non-hydrogen) atoms. The maximum absolute atomic E-state index is 13.1. The van der Waals surface area contributed by atoms with E-state index in [4.69, 9.17) is 11.6 Å². The van der Waals surface area contributed by atoms with Crippen LogP contribution in [-0.4, -0.2) is 9.97 Å². The zero-order chi connectivity index (χ0) is 19.8. The normalized spacial score (nSPS) is 12.4. The first kappa shape index (κ1) is 19.2. The zero-order valence-corrected chi connectivity index (χ0v) is 14.0. The van der Waals surface area contributed by atoms with Crippen molar-refractivity contribution in [3.05, 3.63) is 64.3 Å². The van der Waals surface area contributed by atoms with Crippen molar-refractivity contribution in [2.24, 2.45) is 0 Å². The van der Waals surface area contributed by atoms with E-state index in [-0.39, 0.29) is 18.4 Å². The topological polar surface area (TPSA) is 37.8 Å². The molecule has 0 amide bonds. The van der Waals surface area contributed by atoms with Crippen molar-refractivity contribution < 1.29 is 26.3 Å². The fraction of sp³-hybridized carbons (Fsp3) is 0.176. The summed E-state index contributed by atoms with van der Waals surface area (Å²) < 4.78 is 78.1. The number of fused-ring (bicyclic) bond motifs is 1. The van der Waals surface area contributed by atoms with Crippen LogP contribution in [0.1, 0.15) is 16.8 Å². The number of hydrogen-bond acceptors (Lipinski definition) is 3. The van der Waals surface area contributed by atoms with Gasteiger partial charge in [0.1, 0.15) is 11.5 Å². The van der Waals surface area contributed by atoms with Crippen LogP contribution in [0.4, 0.5) is 32.2 Å². The summed E-state index contributed by atoms with van der Waals surface area (Å²) in [6, 6.07) is 9.03. The Morgan fingerprint density at radius 2 is 1.52 bits per heavy atom. The molecule has 0 aliphatic heterocycles. The van der Waals surface area contributed by atoms with E-state index in [1.807, 2.05) is 0 Å². The fourth-order valence-corrected chi connectivity index (χ4v) is 2.50. The van der Waals surface area contributed by atoms with Crippen LogP contribution in [0.3, 0.4) is 0 Å². The van der Waals surface area contributed by atoms with Crippen molar-refractivity contribution in [1.82, 2.24) is 9.97 Å². The van der Waals surface area contributed by atoms with Gasteiger partial charge in [-0.1, -0.05) is 23.7 Å². The van der Waals surface area contributed by atoms with Gasteiger partial charge in [0.25, 0.3) is 0 Å². The smallest absolute Gasteiger partial charge is 0.366 e. The largest absolute Gasteiger partial charge is 0.433 e. The first-order valence-electron chi connectivity index (χ1n) is 7.48. The molecule has 0 fully saturated rings. The number of pyridine rings is 2. The molecule has 0 aliphatic carbocycles. The lowest BCUT2D eigenvalue weighted by atomic mass is 10.1. The molecule has 0 atom stereocenters. The van der Waals surface area contributed by atoms with Gasteiger partial charge in [-0.25, -0.2) is 9.97 Å². The maximum Gasteiger partial charge on any atom is 0.433 e. The number of rotatable bonds is 3. The molecule has 0 saturated carbocycles. The number of nitrogens with one attached hydrogen (secondary N) is 1. The molecule has 2 aromatic heterocycles. The second-order valence-corrected chi connectivity index (χ2v) is 6.03. The minimum atomic E-state index is -5.03. The van der Waals surface area contributed by atoms with Crippen LogP contribution in [0, 0.1) is 0 Å². The number of hydrogen-bond donors (Lipinski definition) is 1. The lowest BCUT2D eigenvalue weighted by Gasteiger charge is -2.14. The van der Waals surface area contributed by atoms with Crippen LogP contribution in [0.2, 0.25) is 5.02 Å². The van der Waals surface area contributed by atoms with E-state index in [0.29, 0.717) is 5.02 Å². The van der Waals surface area contributed by atoms with Crippen molar-refractivity contribution in [3.8, 4) is 0 Å². The molecule has 0 saturated heterocycles. The molecule has 0 aliphatic rings. The van der Waals surface area contributed by atoms with E-state index in [2.05, 4.69) is 15.3 Å². The van der Waals surface area contributed by atoms with Gasteiger partial charge in [0, 0.05) is 17.0 Å². The molecule has 2 heterocycles. The zero-order valence-electron chi connectivity index (χ0n) is 13.3. The van der Waals surface area contributed by atoms with Gasteiger partial charge in [0.15, 0.2) is 5.65 Å². The average molecular weight is 406 g/mol. The third-order valence-corrected chi connectivity index (χ3v) is 3.91. The lowest BCUT2D eigenvalue weighted by Crippen LogP contribution is -2.14. The van der Waals surface area contributed by atoms with Crippen molar-refractivity contribution in [2.75, 3.05) is 5.32 Å². The van der Waals surface area contributed by atoms with E-state index in [1.54, 1.807) is 24.3 Å². The predicted molar refractivity (Wildman–Crippen MR) is 88.3 cm³/mol. The van der Waals surface area contributed by atoms with Gasteiger partial charge >= 0.3 is 12.4 Å². The van der Waals surface area contributed by atoms with Gasteiger partial charge in [-0.2, -0.15) is 26.3 Å². The maximum atomic E-state index is 13.1. The van der Waals surface area contributed by atoms with Crippen LogP contribution >= 0.6 is 11.6 Å². The van der Waals surface area contributed by atoms with Crippen LogP contribution in [0.15, 0.2) is 42.5 Å². The summed E-state index contributed by atoms with van der Waals surface area (Å²) in [6.45, 7) is 0.251. The summed E-state index contributed by atoms with van der Waals surface area (Å²) in [6.07, 6.45) is -10.00. The number of benzene rings is 1. The Labute approximate surface area is 154 Å². The highest BCUT2D eigenvalue weighted by Gasteiger charge is 2.39. The molecular weight excluding hydrogens is 396 g/mol. The van der Waals surface area contributed by atoms with E-state index >= 15 is 0 Å². The van der Waals surface area contributed by atoms with Crippen LogP contribution in [0.5, 0.6) is 0 Å². The molecule has 3 rings (SSSR count). The molecular formula is C17H10ClF6N3. The Hall–Kier alpha value is -2.55. The van der Waals surface area contributed by atoms with Gasteiger partial charge in [0.05, 0.1) is 5.56 Å².